The van der Waals surface area contributed by atoms with Crippen LogP contribution in [0.5, 0.6) is 5.75 Å². The minimum Gasteiger partial charge on any atom is -0.492 e. The van der Waals surface area contributed by atoms with Crippen molar-refractivity contribution in [3.8, 4) is 5.75 Å². The number of benzene rings is 1. The second kappa shape index (κ2) is 6.04. The number of nitrogens with zero attached hydrogens (tertiary/aromatic N) is 1. The molecule has 0 radical (unpaired) electrons. The van der Waals surface area contributed by atoms with Gasteiger partial charge in [0.2, 0.25) is 0 Å². The van der Waals surface area contributed by atoms with Crippen molar-refractivity contribution < 1.29 is 9.53 Å². The molecule has 0 fully saturated rings. The molecule has 1 aromatic carbocycles. The van der Waals surface area contributed by atoms with Gasteiger partial charge >= 0.3 is 0 Å². The van der Waals surface area contributed by atoms with Gasteiger partial charge in [-0.15, -0.1) is 0 Å². The van der Waals surface area contributed by atoms with Gasteiger partial charge in [0.25, 0.3) is 0 Å². The maximum absolute atomic E-state index is 12.4. The van der Waals surface area contributed by atoms with Crippen molar-refractivity contribution in [1.29, 1.82) is 0 Å². The van der Waals surface area contributed by atoms with Crippen LogP contribution in [-0.4, -0.2) is 17.4 Å². The lowest BCUT2D eigenvalue weighted by Gasteiger charge is -2.07. The predicted octanol–water partition coefficient (Wildman–Crippen LogP) is 4.02. The van der Waals surface area contributed by atoms with Gasteiger partial charge in [-0.3, -0.25) is 9.78 Å². The van der Waals surface area contributed by atoms with E-state index in [2.05, 4.69) is 4.98 Å². The summed E-state index contributed by atoms with van der Waals surface area (Å²) in [7, 11) is 0. The number of pyridine rings is 1. The highest BCUT2D eigenvalue weighted by Gasteiger charge is 2.17. The molecule has 1 heterocycles. The van der Waals surface area contributed by atoms with Crippen molar-refractivity contribution >= 4 is 29.0 Å². The van der Waals surface area contributed by atoms with Gasteiger partial charge in [-0.2, -0.15) is 0 Å². The highest BCUT2D eigenvalue weighted by atomic mass is 35.5. The fraction of sp³-hybridized carbons (Fsp3) is 0.143. The molecule has 0 N–H and O–H groups in total. The van der Waals surface area contributed by atoms with Gasteiger partial charge < -0.3 is 4.74 Å². The number of ketones is 1. The van der Waals surface area contributed by atoms with Crippen molar-refractivity contribution in [2.24, 2.45) is 0 Å². The average Bonchev–Trinajstić information content (AvgIpc) is 2.39. The van der Waals surface area contributed by atoms with E-state index in [1.165, 1.54) is 6.20 Å². The second-order valence-electron chi connectivity index (χ2n) is 3.77. The van der Waals surface area contributed by atoms with Crippen LogP contribution in [0.1, 0.15) is 22.8 Å². The molecule has 98 valence electrons. The highest BCUT2D eigenvalue weighted by molar-refractivity contribution is 6.41. The third kappa shape index (κ3) is 3.06. The van der Waals surface area contributed by atoms with E-state index in [0.29, 0.717) is 28.0 Å². The molecule has 5 heteroatoms. The molecular weight excluding hydrogens is 285 g/mol. The summed E-state index contributed by atoms with van der Waals surface area (Å²) in [4.78, 5) is 16.4. The number of aromatic nitrogens is 1. The summed E-state index contributed by atoms with van der Waals surface area (Å²) in [6.07, 6.45) is 3.01. The zero-order chi connectivity index (χ0) is 13.8. The molecule has 0 saturated carbocycles. The number of rotatable bonds is 4. The van der Waals surface area contributed by atoms with Crippen molar-refractivity contribution in [3.05, 3.63) is 57.8 Å². The maximum Gasteiger partial charge on any atom is 0.197 e. The number of halogens is 2. The maximum atomic E-state index is 12.4. The van der Waals surface area contributed by atoms with E-state index in [9.17, 15) is 4.79 Å². The van der Waals surface area contributed by atoms with Crippen molar-refractivity contribution in [1.82, 2.24) is 4.98 Å². The Morgan fingerprint density at radius 1 is 1.26 bits per heavy atom. The summed E-state index contributed by atoms with van der Waals surface area (Å²) in [5.41, 5.74) is 0.669. The quantitative estimate of drug-likeness (QED) is 0.800. The van der Waals surface area contributed by atoms with Crippen LogP contribution in [0.4, 0.5) is 0 Å². The van der Waals surface area contributed by atoms with E-state index < -0.39 is 0 Å². The standard InChI is InChI=1S/C14H11Cl2NO2/c1-2-19-10-6-9(7-17-8-10)14(18)13-11(15)4-3-5-12(13)16/h3-8H,2H2,1H3. The summed E-state index contributed by atoms with van der Waals surface area (Å²) < 4.78 is 5.31. The summed E-state index contributed by atoms with van der Waals surface area (Å²) in [6, 6.07) is 6.57. The molecule has 19 heavy (non-hydrogen) atoms. The first-order valence-electron chi connectivity index (χ1n) is 5.70. The van der Waals surface area contributed by atoms with E-state index in [1.54, 1.807) is 30.5 Å². The van der Waals surface area contributed by atoms with E-state index in [4.69, 9.17) is 27.9 Å². The van der Waals surface area contributed by atoms with Crippen LogP contribution in [-0.2, 0) is 0 Å². The van der Waals surface area contributed by atoms with Gasteiger partial charge in [0, 0.05) is 11.8 Å². The summed E-state index contributed by atoms with van der Waals surface area (Å²) in [6.45, 7) is 2.37. The molecule has 1 aromatic heterocycles. The first-order chi connectivity index (χ1) is 9.13. The molecule has 0 atom stereocenters. The second-order valence-corrected chi connectivity index (χ2v) is 4.58. The Bertz CT molecular complexity index is 594. The SMILES string of the molecule is CCOc1cncc(C(=O)c2c(Cl)cccc2Cl)c1. The summed E-state index contributed by atoms with van der Waals surface area (Å²) in [5.74, 6) is 0.265. The lowest BCUT2D eigenvalue weighted by atomic mass is 10.0. The van der Waals surface area contributed by atoms with Crippen LogP contribution in [0.3, 0.4) is 0 Å². The minimum atomic E-state index is -0.273. The summed E-state index contributed by atoms with van der Waals surface area (Å²) >= 11 is 12.0. The fourth-order valence-corrected chi connectivity index (χ4v) is 2.22. The monoisotopic (exact) mass is 295 g/mol. The van der Waals surface area contributed by atoms with E-state index in [-0.39, 0.29) is 11.3 Å². The third-order valence-electron chi connectivity index (χ3n) is 2.48. The summed E-state index contributed by atoms with van der Waals surface area (Å²) in [5, 5.41) is 0.638. The zero-order valence-corrected chi connectivity index (χ0v) is 11.7. The number of carbonyl (C=O) groups is 1. The molecule has 0 aliphatic carbocycles. The van der Waals surface area contributed by atoms with Gasteiger partial charge in [0.15, 0.2) is 5.78 Å². The molecule has 0 unspecified atom stereocenters. The third-order valence-corrected chi connectivity index (χ3v) is 3.11. The van der Waals surface area contributed by atoms with Gasteiger partial charge in [0.1, 0.15) is 5.75 Å². The molecule has 2 rings (SSSR count). The number of hydrogen-bond donors (Lipinski definition) is 0. The highest BCUT2D eigenvalue weighted by Crippen LogP contribution is 2.27. The molecule has 0 aliphatic heterocycles. The van der Waals surface area contributed by atoms with Gasteiger partial charge in [-0.05, 0) is 25.1 Å². The lowest BCUT2D eigenvalue weighted by Crippen LogP contribution is -2.04. The van der Waals surface area contributed by atoms with Crippen molar-refractivity contribution in [2.45, 2.75) is 6.92 Å². The van der Waals surface area contributed by atoms with Crippen LogP contribution < -0.4 is 4.74 Å². The van der Waals surface area contributed by atoms with Gasteiger partial charge in [-0.1, -0.05) is 29.3 Å². The van der Waals surface area contributed by atoms with Crippen LogP contribution in [0, 0.1) is 0 Å². The Labute approximate surface area is 121 Å². The molecule has 0 bridgehead atoms. The number of ether oxygens (including phenoxy) is 1. The first-order valence-corrected chi connectivity index (χ1v) is 6.45. The largest absolute Gasteiger partial charge is 0.492 e. The molecule has 0 spiro atoms. The lowest BCUT2D eigenvalue weighted by molar-refractivity contribution is 0.103. The molecular formula is C14H11Cl2NO2. The molecule has 0 aliphatic rings. The van der Waals surface area contributed by atoms with Crippen LogP contribution >= 0.6 is 23.2 Å². The smallest absolute Gasteiger partial charge is 0.197 e. The van der Waals surface area contributed by atoms with E-state index in [0.717, 1.165) is 0 Å². The molecule has 2 aromatic rings. The zero-order valence-electron chi connectivity index (χ0n) is 10.2. The van der Waals surface area contributed by atoms with Crippen LogP contribution in [0.15, 0.2) is 36.7 Å². The van der Waals surface area contributed by atoms with Gasteiger partial charge in [0.05, 0.1) is 28.4 Å². The number of hydrogen-bond acceptors (Lipinski definition) is 3. The normalized spacial score (nSPS) is 10.3. The fourth-order valence-electron chi connectivity index (χ4n) is 1.65. The van der Waals surface area contributed by atoms with Crippen molar-refractivity contribution in [2.75, 3.05) is 6.61 Å². The molecule has 0 saturated heterocycles. The van der Waals surface area contributed by atoms with Gasteiger partial charge in [-0.25, -0.2) is 0 Å². The molecule has 3 nitrogen and oxygen atoms in total. The van der Waals surface area contributed by atoms with Crippen LogP contribution in [0.2, 0.25) is 10.0 Å². The topological polar surface area (TPSA) is 39.2 Å². The Hall–Kier alpha value is -1.58. The van der Waals surface area contributed by atoms with Crippen molar-refractivity contribution in [3.63, 3.8) is 0 Å². The Kier molecular flexibility index (Phi) is 4.40. The first kappa shape index (κ1) is 13.8. The minimum absolute atomic E-state index is 0.273. The Morgan fingerprint density at radius 3 is 2.58 bits per heavy atom. The Balaban J connectivity index is 2.41. The van der Waals surface area contributed by atoms with Crippen LogP contribution in [0.25, 0.3) is 0 Å². The predicted molar refractivity (Wildman–Crippen MR) is 75.3 cm³/mol. The number of carbonyl (C=O) groups excluding carboxylic acids is 1. The Morgan fingerprint density at radius 2 is 1.95 bits per heavy atom. The molecule has 0 amide bonds. The van der Waals surface area contributed by atoms with E-state index in [1.807, 2.05) is 6.92 Å². The van der Waals surface area contributed by atoms with E-state index >= 15 is 0 Å². The average molecular weight is 296 g/mol.